The van der Waals surface area contributed by atoms with Gasteiger partial charge in [0.25, 0.3) is 0 Å². The van der Waals surface area contributed by atoms with Crippen LogP contribution in [0.2, 0.25) is 0 Å². The number of benzene rings is 1. The molecule has 0 radical (unpaired) electrons. The van der Waals surface area contributed by atoms with Crippen LogP contribution in [-0.4, -0.2) is 30.0 Å². The third-order valence-electron chi connectivity index (χ3n) is 2.39. The van der Waals surface area contributed by atoms with Crippen LogP contribution in [0.4, 0.5) is 0 Å². The Morgan fingerprint density at radius 3 is 2.71 bits per heavy atom. The van der Waals surface area contributed by atoms with Crippen molar-refractivity contribution in [3.8, 4) is 0 Å². The lowest BCUT2D eigenvalue weighted by Crippen LogP contribution is -2.10. The van der Waals surface area contributed by atoms with Gasteiger partial charge in [-0.25, -0.2) is 0 Å². The molecule has 0 aliphatic rings. The Morgan fingerprint density at radius 2 is 2.06 bits per heavy atom. The second-order valence-electron chi connectivity index (χ2n) is 3.71. The molecule has 0 spiro atoms. The number of aliphatic imine (C=N–C) groups is 1. The fourth-order valence-corrected chi connectivity index (χ4v) is 1.37. The van der Waals surface area contributed by atoms with Crippen LogP contribution in [0.1, 0.15) is 11.1 Å². The Kier molecular flexibility index (Phi) is 5.99. The third-order valence-corrected chi connectivity index (χ3v) is 2.39. The Bertz CT molecular complexity index is 388. The minimum Gasteiger partial charge on any atom is -0.376 e. The Labute approximate surface area is 102 Å². The van der Waals surface area contributed by atoms with Crippen molar-refractivity contribution in [2.24, 2.45) is 10.7 Å². The summed E-state index contributed by atoms with van der Waals surface area (Å²) in [4.78, 5) is 5.76. The molecule has 3 N–H and O–H groups in total. The fourth-order valence-electron chi connectivity index (χ4n) is 1.37. The Morgan fingerprint density at radius 1 is 1.35 bits per heavy atom. The first kappa shape index (κ1) is 13.4. The quantitative estimate of drug-likeness (QED) is 0.571. The van der Waals surface area contributed by atoms with Crippen molar-refractivity contribution in [3.63, 3.8) is 0 Å². The molecular weight excluding hydrogens is 214 g/mol. The molecule has 1 rings (SSSR count). The number of hydrogen-bond acceptors (Lipinski definition) is 4. The van der Waals surface area contributed by atoms with Crippen LogP contribution in [0.15, 0.2) is 41.7 Å². The smallest absolute Gasteiger partial charge is 0.115 e. The van der Waals surface area contributed by atoms with Gasteiger partial charge in [-0.05, 0) is 11.1 Å². The number of nitrogens with two attached hydrogens (primary N) is 1. The molecule has 4 nitrogen and oxygen atoms in total. The second kappa shape index (κ2) is 7.60. The number of aliphatic hydroxyl groups excluding tert-OH is 1. The second-order valence-corrected chi connectivity index (χ2v) is 3.71. The zero-order chi connectivity index (χ0) is 12.5. The van der Waals surface area contributed by atoms with E-state index in [2.05, 4.69) is 11.1 Å². The van der Waals surface area contributed by atoms with E-state index in [4.69, 9.17) is 10.8 Å². The zero-order valence-corrected chi connectivity index (χ0v) is 10.1. The molecule has 0 amide bonds. The normalized spacial score (nSPS) is 11.5. The first-order valence-corrected chi connectivity index (χ1v) is 5.54. The molecule has 0 aromatic heterocycles. The van der Waals surface area contributed by atoms with Gasteiger partial charge in [-0.15, -0.1) is 0 Å². The van der Waals surface area contributed by atoms with E-state index in [0.717, 1.165) is 12.0 Å². The lowest BCUT2D eigenvalue weighted by atomic mass is 10.1. The maximum atomic E-state index is 8.75. The van der Waals surface area contributed by atoms with Crippen LogP contribution < -0.4 is 5.73 Å². The molecule has 1 aromatic carbocycles. The first-order valence-electron chi connectivity index (χ1n) is 5.54. The average Bonchev–Trinajstić information content (AvgIpc) is 2.38. The van der Waals surface area contributed by atoms with Crippen molar-refractivity contribution < 1.29 is 5.11 Å². The van der Waals surface area contributed by atoms with Crippen LogP contribution in [0.5, 0.6) is 0 Å². The maximum absolute atomic E-state index is 8.75. The van der Waals surface area contributed by atoms with Crippen LogP contribution >= 0.6 is 0 Å². The molecule has 0 unspecified atom stereocenters. The average molecular weight is 233 g/mol. The van der Waals surface area contributed by atoms with E-state index >= 15 is 0 Å². The summed E-state index contributed by atoms with van der Waals surface area (Å²) >= 11 is 0. The monoisotopic (exact) mass is 233 g/mol. The lowest BCUT2D eigenvalue weighted by Gasteiger charge is -2.06. The van der Waals surface area contributed by atoms with E-state index in [1.807, 2.05) is 24.4 Å². The van der Waals surface area contributed by atoms with Gasteiger partial charge in [-0.2, -0.15) is 0 Å². The summed E-state index contributed by atoms with van der Waals surface area (Å²) in [5, 5.41) is 8.75. The van der Waals surface area contributed by atoms with Crippen LogP contribution in [0, 0.1) is 0 Å². The zero-order valence-electron chi connectivity index (χ0n) is 10.1. The van der Waals surface area contributed by atoms with Gasteiger partial charge in [-0.1, -0.05) is 24.3 Å². The summed E-state index contributed by atoms with van der Waals surface area (Å²) in [5.41, 5.74) is 7.99. The Hall–Kier alpha value is -1.65. The topological polar surface area (TPSA) is 61.8 Å². The summed E-state index contributed by atoms with van der Waals surface area (Å²) in [6, 6.07) is 8.06. The third kappa shape index (κ3) is 4.80. The van der Waals surface area contributed by atoms with Gasteiger partial charge in [0.1, 0.15) is 6.73 Å². The van der Waals surface area contributed by atoms with E-state index < -0.39 is 0 Å². The van der Waals surface area contributed by atoms with Gasteiger partial charge in [-0.3, -0.25) is 4.99 Å². The van der Waals surface area contributed by atoms with Gasteiger partial charge in [0, 0.05) is 38.6 Å². The summed E-state index contributed by atoms with van der Waals surface area (Å²) < 4.78 is 0. The highest BCUT2D eigenvalue weighted by Gasteiger charge is 1.96. The molecule has 17 heavy (non-hydrogen) atoms. The van der Waals surface area contributed by atoms with Crippen molar-refractivity contribution in [2.45, 2.75) is 13.0 Å². The molecule has 0 fully saturated rings. The fraction of sp³-hybridized carbons (Fsp3) is 0.308. The van der Waals surface area contributed by atoms with Gasteiger partial charge >= 0.3 is 0 Å². The SMILES string of the molecule is CN(/C=C\N=CCc1ccccc1CN)CO. The van der Waals surface area contributed by atoms with Gasteiger partial charge in [0.2, 0.25) is 0 Å². The largest absolute Gasteiger partial charge is 0.376 e. The molecule has 4 heteroatoms. The van der Waals surface area contributed by atoms with Crippen molar-refractivity contribution in [1.82, 2.24) is 4.90 Å². The number of hydrogen-bond donors (Lipinski definition) is 2. The van der Waals surface area contributed by atoms with Crippen molar-refractivity contribution >= 4 is 6.21 Å². The van der Waals surface area contributed by atoms with E-state index in [1.54, 1.807) is 24.3 Å². The van der Waals surface area contributed by atoms with E-state index in [-0.39, 0.29) is 6.73 Å². The summed E-state index contributed by atoms with van der Waals surface area (Å²) in [6.45, 7) is 0.537. The molecule has 0 bridgehead atoms. The molecule has 0 aliphatic heterocycles. The summed E-state index contributed by atoms with van der Waals surface area (Å²) in [7, 11) is 1.77. The van der Waals surface area contributed by atoms with Crippen molar-refractivity contribution in [3.05, 3.63) is 47.8 Å². The van der Waals surface area contributed by atoms with Gasteiger partial charge in [0.15, 0.2) is 0 Å². The highest BCUT2D eigenvalue weighted by Crippen LogP contribution is 2.07. The molecule has 0 heterocycles. The minimum atomic E-state index is -0.0119. The van der Waals surface area contributed by atoms with Crippen LogP contribution in [0.25, 0.3) is 0 Å². The summed E-state index contributed by atoms with van der Waals surface area (Å²) in [5.74, 6) is 0. The lowest BCUT2D eigenvalue weighted by molar-refractivity contribution is 0.175. The van der Waals surface area contributed by atoms with Crippen molar-refractivity contribution in [1.29, 1.82) is 0 Å². The van der Waals surface area contributed by atoms with Gasteiger partial charge < -0.3 is 15.7 Å². The Balaban J connectivity index is 2.50. The first-order chi connectivity index (χ1) is 8.27. The molecular formula is C13H19N3O. The molecule has 0 aliphatic carbocycles. The van der Waals surface area contributed by atoms with E-state index in [9.17, 15) is 0 Å². The number of aliphatic hydroxyl groups is 1. The highest BCUT2D eigenvalue weighted by molar-refractivity contribution is 5.63. The number of rotatable bonds is 6. The molecule has 0 saturated carbocycles. The van der Waals surface area contributed by atoms with Crippen molar-refractivity contribution in [2.75, 3.05) is 13.8 Å². The van der Waals surface area contributed by atoms with Gasteiger partial charge in [0.05, 0.1) is 0 Å². The minimum absolute atomic E-state index is 0.0119. The van der Waals surface area contributed by atoms with Crippen LogP contribution in [0.3, 0.4) is 0 Å². The van der Waals surface area contributed by atoms with E-state index in [0.29, 0.717) is 6.54 Å². The number of nitrogens with zero attached hydrogens (tertiary/aromatic N) is 2. The standard InChI is InChI=1S/C13H19N3O/c1-16(11-17)9-8-15-7-6-12-4-2-3-5-13(12)10-14/h2-5,7-9,17H,6,10-11,14H2,1H3/b9-8-,15-7?. The van der Waals surface area contributed by atoms with E-state index in [1.165, 1.54) is 5.56 Å². The maximum Gasteiger partial charge on any atom is 0.115 e. The molecule has 0 atom stereocenters. The molecule has 0 saturated heterocycles. The van der Waals surface area contributed by atoms with Crippen LogP contribution in [-0.2, 0) is 13.0 Å². The predicted molar refractivity (Wildman–Crippen MR) is 70.5 cm³/mol. The summed E-state index contributed by atoms with van der Waals surface area (Å²) in [6.07, 6.45) is 5.96. The molecule has 1 aromatic rings. The molecule has 92 valence electrons. The highest BCUT2D eigenvalue weighted by atomic mass is 16.3. The predicted octanol–water partition coefficient (Wildman–Crippen LogP) is 1.11.